The zero-order chi connectivity index (χ0) is 38.7. The quantitative estimate of drug-likeness (QED) is 0.130. The number of hydrogen-bond acceptors (Lipinski definition) is 3. The number of rotatable bonds is 18. The van der Waals surface area contributed by atoms with Crippen molar-refractivity contribution in [2.24, 2.45) is 53.3 Å². The lowest BCUT2D eigenvalue weighted by molar-refractivity contribution is -0.191. The van der Waals surface area contributed by atoms with Gasteiger partial charge < -0.3 is 11.4 Å². The summed E-state index contributed by atoms with van der Waals surface area (Å²) in [6.07, 6.45) is 45.0. The van der Waals surface area contributed by atoms with Gasteiger partial charge in [-0.25, -0.2) is 0 Å². The van der Waals surface area contributed by atoms with Crippen molar-refractivity contribution in [2.75, 3.05) is 0 Å². The Labute approximate surface area is 348 Å². The smallest absolute Gasteiger partial charge is 0.449 e. The first-order valence-corrected chi connectivity index (χ1v) is 27.1. The van der Waals surface area contributed by atoms with Crippen LogP contribution in [0.3, 0.4) is 0 Å². The van der Waals surface area contributed by atoms with E-state index in [2.05, 4.69) is 41.5 Å². The van der Waals surface area contributed by atoms with Gasteiger partial charge in [0.05, 0.1) is 0 Å². The molecule has 0 saturated heterocycles. The highest BCUT2D eigenvalue weighted by Gasteiger charge is 2.60. The summed E-state index contributed by atoms with van der Waals surface area (Å²) >= 11 is -2.71. The molecule has 318 valence electrons. The largest absolute Gasteiger partial charge is 0.906 e. The van der Waals surface area contributed by atoms with E-state index in [-0.39, 0.29) is 16.8 Å². The molecule has 0 radical (unpaired) electrons. The molecule has 0 unspecified atom stereocenters. The Bertz CT molecular complexity index is 863. The summed E-state index contributed by atoms with van der Waals surface area (Å²) < 4.78 is 25.7. The third kappa shape index (κ3) is 11.4. The van der Waals surface area contributed by atoms with Crippen molar-refractivity contribution in [2.45, 2.75) is 270 Å². The van der Waals surface area contributed by atoms with Gasteiger partial charge in [0.25, 0.3) is 0 Å². The van der Waals surface area contributed by atoms with Crippen LogP contribution in [-0.4, -0.2) is 32.0 Å². The molecule has 0 amide bonds. The molecule has 4 heteroatoms. The van der Waals surface area contributed by atoms with Gasteiger partial charge in [-0.15, -0.1) is 0 Å². The van der Waals surface area contributed by atoms with E-state index in [0.29, 0.717) is 53.3 Å². The summed E-state index contributed by atoms with van der Waals surface area (Å²) in [5, 5.41) is 0. The van der Waals surface area contributed by atoms with Gasteiger partial charge >= 0.3 is 15.1 Å². The van der Waals surface area contributed by atoms with Crippen LogP contribution in [0.25, 0.3) is 0 Å². The standard InChI is InChI=1S/3C17H31O.Al/c3*1-14(2)13-17(18,15-9-5-3-6-10-15)16-11-7-4-8-12-16;/h3*14-16H,3-13H2,1-2H3;/q3*-1;+3. The maximum Gasteiger partial charge on any atom is 0.906 e. The first kappa shape index (κ1) is 45.0. The monoisotopic (exact) mass is 781 g/mol. The van der Waals surface area contributed by atoms with Gasteiger partial charge in [0.1, 0.15) is 0 Å². The van der Waals surface area contributed by atoms with Crippen molar-refractivity contribution in [1.29, 1.82) is 0 Å². The maximum atomic E-state index is 8.56. The zero-order valence-corrected chi connectivity index (χ0v) is 39.0. The summed E-state index contributed by atoms with van der Waals surface area (Å²) in [4.78, 5) is 0. The molecule has 0 aromatic carbocycles. The van der Waals surface area contributed by atoms with E-state index in [1.54, 1.807) is 0 Å². The van der Waals surface area contributed by atoms with Crippen molar-refractivity contribution < 1.29 is 11.4 Å². The van der Waals surface area contributed by atoms with Crippen LogP contribution in [0.5, 0.6) is 0 Å². The first-order valence-electron chi connectivity index (χ1n) is 25.7. The van der Waals surface area contributed by atoms with Crippen LogP contribution in [0.1, 0.15) is 253 Å². The molecule has 0 atom stereocenters. The van der Waals surface area contributed by atoms with Crippen molar-refractivity contribution in [3.8, 4) is 0 Å². The molecule has 6 fully saturated rings. The van der Waals surface area contributed by atoms with Gasteiger partial charge in [0, 0.05) is 16.8 Å². The molecule has 0 bridgehead atoms. The SMILES string of the molecule is CC(C)CC([O][Al]([O]C(CC(C)C)(C1CCCCC1)C1CCCCC1)[O]C(CC(C)C)(C1CCCCC1)C1CCCCC1)(C1CCCCC1)C1CCCCC1. The average molecular weight is 781 g/mol. The second-order valence-corrected chi connectivity index (χ2v) is 23.6. The molecule has 6 rings (SSSR count). The molecule has 0 spiro atoms. The molecule has 0 heterocycles. The zero-order valence-electron chi connectivity index (χ0n) is 37.8. The summed E-state index contributed by atoms with van der Waals surface area (Å²) in [7, 11) is 0. The highest BCUT2D eigenvalue weighted by Crippen LogP contribution is 2.55. The Morgan fingerprint density at radius 1 is 0.309 bits per heavy atom. The lowest BCUT2D eigenvalue weighted by Gasteiger charge is -2.57. The van der Waals surface area contributed by atoms with Gasteiger partial charge in [-0.2, -0.15) is 0 Å². The minimum atomic E-state index is -2.71. The maximum absolute atomic E-state index is 8.56. The minimum Gasteiger partial charge on any atom is -0.449 e. The molecular weight excluding hydrogens is 688 g/mol. The molecule has 0 aromatic rings. The Morgan fingerprint density at radius 2 is 0.473 bits per heavy atom. The Balaban J connectivity index is 1.52. The van der Waals surface area contributed by atoms with Crippen LogP contribution in [0.2, 0.25) is 0 Å². The van der Waals surface area contributed by atoms with Gasteiger partial charge in [0.15, 0.2) is 0 Å². The molecular formula is C51H93AlO3. The third-order valence-corrected chi connectivity index (χ3v) is 18.8. The van der Waals surface area contributed by atoms with Crippen molar-refractivity contribution in [3.63, 3.8) is 0 Å². The van der Waals surface area contributed by atoms with E-state index in [4.69, 9.17) is 11.4 Å². The summed E-state index contributed by atoms with van der Waals surface area (Å²) in [5.74, 6) is 5.78. The Hall–Kier alpha value is 0.412. The molecule has 55 heavy (non-hydrogen) atoms. The fourth-order valence-electron chi connectivity index (χ4n) is 14.8. The molecule has 6 saturated carbocycles. The van der Waals surface area contributed by atoms with E-state index in [1.165, 1.54) is 212 Å². The van der Waals surface area contributed by atoms with Gasteiger partial charge in [-0.05, 0) is 150 Å². The second kappa shape index (κ2) is 21.8. The summed E-state index contributed by atoms with van der Waals surface area (Å²) in [5.41, 5.74) is -0.300. The predicted octanol–water partition coefficient (Wildman–Crippen LogP) is 15.9. The van der Waals surface area contributed by atoms with Crippen LogP contribution in [0, 0.1) is 53.3 Å². The highest BCUT2D eigenvalue weighted by molar-refractivity contribution is 6.37. The highest BCUT2D eigenvalue weighted by atomic mass is 27.3. The normalized spacial score (nSPS) is 25.0. The Kier molecular flexibility index (Phi) is 17.8. The van der Waals surface area contributed by atoms with Crippen LogP contribution in [0.15, 0.2) is 0 Å². The van der Waals surface area contributed by atoms with Gasteiger partial charge in [-0.3, -0.25) is 0 Å². The van der Waals surface area contributed by atoms with E-state index < -0.39 is 15.1 Å². The van der Waals surface area contributed by atoms with Crippen molar-refractivity contribution in [1.82, 2.24) is 0 Å². The Morgan fingerprint density at radius 3 is 0.618 bits per heavy atom. The summed E-state index contributed by atoms with van der Waals surface area (Å²) in [6.45, 7) is 15.1. The lowest BCUT2D eigenvalue weighted by Crippen LogP contribution is -2.62. The fraction of sp³-hybridized carbons (Fsp3) is 1.00. The molecule has 6 aliphatic rings. The number of hydrogen-bond donors (Lipinski definition) is 0. The second-order valence-electron chi connectivity index (χ2n) is 22.3. The summed E-state index contributed by atoms with van der Waals surface area (Å²) in [6, 6.07) is 0. The van der Waals surface area contributed by atoms with Crippen molar-refractivity contribution >= 4 is 15.1 Å². The van der Waals surface area contributed by atoms with Crippen LogP contribution >= 0.6 is 0 Å². The molecule has 6 aliphatic carbocycles. The molecule has 3 nitrogen and oxygen atoms in total. The van der Waals surface area contributed by atoms with E-state index in [1.807, 2.05) is 0 Å². The van der Waals surface area contributed by atoms with E-state index in [0.717, 1.165) is 0 Å². The fourth-order valence-corrected chi connectivity index (χ4v) is 17.5. The van der Waals surface area contributed by atoms with Crippen LogP contribution < -0.4 is 0 Å². The van der Waals surface area contributed by atoms with Gasteiger partial charge in [0.2, 0.25) is 0 Å². The first-order chi connectivity index (χ1) is 26.7. The molecule has 0 aliphatic heterocycles. The van der Waals surface area contributed by atoms with Crippen LogP contribution in [0.4, 0.5) is 0 Å². The average Bonchev–Trinajstić information content (AvgIpc) is 3.21. The topological polar surface area (TPSA) is 27.7 Å². The van der Waals surface area contributed by atoms with Gasteiger partial charge in [-0.1, -0.05) is 157 Å². The minimum absolute atomic E-state index is 0.0999. The molecule has 0 N–H and O–H groups in total. The van der Waals surface area contributed by atoms with E-state index in [9.17, 15) is 0 Å². The third-order valence-electron chi connectivity index (χ3n) is 16.9. The van der Waals surface area contributed by atoms with Crippen LogP contribution in [-0.2, 0) is 11.4 Å². The predicted molar refractivity (Wildman–Crippen MR) is 235 cm³/mol. The lowest BCUT2D eigenvalue weighted by atomic mass is 9.63. The molecule has 0 aromatic heterocycles. The van der Waals surface area contributed by atoms with Crippen molar-refractivity contribution in [3.05, 3.63) is 0 Å². The van der Waals surface area contributed by atoms with E-state index >= 15 is 0 Å².